The molecule has 2 aliphatic heterocycles. The van der Waals surface area contributed by atoms with Crippen molar-refractivity contribution in [1.29, 1.82) is 0 Å². The van der Waals surface area contributed by atoms with Crippen LogP contribution in [-0.4, -0.2) is 132 Å². The Bertz CT molecular complexity index is 1750. The maximum atomic E-state index is 15.4. The van der Waals surface area contributed by atoms with Crippen LogP contribution in [0.4, 0.5) is 10.2 Å². The van der Waals surface area contributed by atoms with E-state index in [4.69, 9.17) is 38.5 Å². The van der Waals surface area contributed by atoms with Crippen LogP contribution < -0.4 is 5.73 Å². The molecular formula is C25H34FN5O19P2. The second kappa shape index (κ2) is 16.5. The van der Waals surface area contributed by atoms with Crippen molar-refractivity contribution in [2.75, 3.05) is 18.9 Å². The highest BCUT2D eigenvalue weighted by Crippen LogP contribution is 2.61. The van der Waals surface area contributed by atoms with Gasteiger partial charge in [-0.2, -0.15) is 4.31 Å². The van der Waals surface area contributed by atoms with E-state index in [-0.39, 0.29) is 17.0 Å². The van der Waals surface area contributed by atoms with Crippen LogP contribution in [0.2, 0.25) is 0 Å². The number of carbonyl (C=O) groups excluding carboxylic acids is 4. The summed E-state index contributed by atoms with van der Waals surface area (Å²) in [6, 6.07) is 0. The van der Waals surface area contributed by atoms with E-state index in [1.165, 1.54) is 10.9 Å². The van der Waals surface area contributed by atoms with Gasteiger partial charge in [-0.3, -0.25) is 32.8 Å². The van der Waals surface area contributed by atoms with Gasteiger partial charge >= 0.3 is 39.5 Å². The summed E-state index contributed by atoms with van der Waals surface area (Å²) in [5.74, 6) is -4.31. The third-order valence-corrected chi connectivity index (χ3v) is 9.68. The number of phosphoric acid groups is 2. The van der Waals surface area contributed by atoms with Crippen molar-refractivity contribution in [2.45, 2.75) is 89.1 Å². The van der Waals surface area contributed by atoms with Gasteiger partial charge in [0, 0.05) is 27.7 Å². The first-order valence-electron chi connectivity index (χ1n) is 14.8. The van der Waals surface area contributed by atoms with Gasteiger partial charge in [0.25, 0.3) is 0 Å². The first-order valence-corrected chi connectivity index (χ1v) is 17.8. The first kappa shape index (κ1) is 41.0. The molecule has 0 spiro atoms. The third kappa shape index (κ3) is 10.0. The number of phosphoric ester groups is 2. The smallest absolute Gasteiger partial charge is 0.463 e. The summed E-state index contributed by atoms with van der Waals surface area (Å²) in [6.07, 6.45) is -17.3. The van der Waals surface area contributed by atoms with Crippen molar-refractivity contribution in [3.05, 3.63) is 12.7 Å². The number of halogens is 1. The number of nitrogens with two attached hydrogens (primary N) is 1. The number of aromatic nitrogens is 4. The van der Waals surface area contributed by atoms with Gasteiger partial charge in [-0.05, 0) is 0 Å². The second-order valence-electron chi connectivity index (χ2n) is 11.1. The number of alkyl halides is 1. The van der Waals surface area contributed by atoms with Crippen LogP contribution in [0.1, 0.15) is 33.9 Å². The minimum atomic E-state index is -5.93. The molecule has 2 aliphatic rings. The number of fused-ring (bicyclic) bond motifs is 1. The molecule has 0 bridgehead atoms. The average molecular weight is 790 g/mol. The largest absolute Gasteiger partial charge is 0.483 e. The Labute approximate surface area is 291 Å². The summed E-state index contributed by atoms with van der Waals surface area (Å²) in [7, 11) is -11.6. The fourth-order valence-corrected chi connectivity index (χ4v) is 7.25. The zero-order valence-electron chi connectivity index (χ0n) is 27.4. The van der Waals surface area contributed by atoms with E-state index in [9.17, 15) is 48.3 Å². The summed E-state index contributed by atoms with van der Waals surface area (Å²) in [6.45, 7) is 1.40. The molecule has 0 radical (unpaired) electrons. The van der Waals surface area contributed by atoms with E-state index < -0.39 is 114 Å². The van der Waals surface area contributed by atoms with Crippen LogP contribution in [0.25, 0.3) is 11.2 Å². The zero-order chi connectivity index (χ0) is 38.7. The van der Waals surface area contributed by atoms with Crippen molar-refractivity contribution >= 4 is 56.5 Å². The van der Waals surface area contributed by atoms with Crippen molar-refractivity contribution in [1.82, 2.24) is 19.5 Å². The number of anilines is 1. The molecule has 2 fully saturated rings. The lowest BCUT2D eigenvalue weighted by molar-refractivity contribution is -0.296. The maximum absolute atomic E-state index is 15.4. The summed E-state index contributed by atoms with van der Waals surface area (Å²) < 4.78 is 87.1. The molecule has 0 aliphatic carbocycles. The summed E-state index contributed by atoms with van der Waals surface area (Å²) in [5, 5.41) is 21.1. The highest BCUT2D eigenvalue weighted by atomic mass is 31.3. The Morgan fingerprint density at radius 3 is 2.13 bits per heavy atom. The highest BCUT2D eigenvalue weighted by molar-refractivity contribution is 7.61. The lowest BCUT2D eigenvalue weighted by Gasteiger charge is -2.44. The number of hydrogen-bond acceptors (Lipinski definition) is 21. The Kier molecular flexibility index (Phi) is 13.0. The molecule has 24 nitrogen and oxygen atoms in total. The number of ether oxygens (including phenoxy) is 6. The number of imidazole rings is 1. The number of hydrogen-bond donors (Lipinski definition) is 5. The fraction of sp³-hybridized carbons (Fsp3) is 0.640. The quantitative estimate of drug-likeness (QED) is 0.0843. The Morgan fingerprint density at radius 2 is 1.52 bits per heavy atom. The van der Waals surface area contributed by atoms with E-state index in [0.717, 1.165) is 34.0 Å². The summed E-state index contributed by atoms with van der Waals surface area (Å²) in [4.78, 5) is 79.8. The lowest BCUT2D eigenvalue weighted by Crippen LogP contribution is -2.64. The molecule has 2 aromatic heterocycles. The molecule has 4 rings (SSSR count). The first-order chi connectivity index (χ1) is 24.2. The monoisotopic (exact) mass is 789 g/mol. The van der Waals surface area contributed by atoms with Crippen LogP contribution in [0.3, 0.4) is 0 Å². The Balaban J connectivity index is 1.52. The SMILES string of the molecule is CC(=O)OCC(F)[C@H]1O[C@@H](OP(=O)(O)OP(=O)(O)OC[C@H]2O[C@@H](n3cnc4c(N)ncnc43)[C@H](O)[C@@H]2O)[C@@H](OC(C)=O)[C@@H](OC(C)=O)[C@@H]1OC(C)=O. The number of esters is 4. The van der Waals surface area contributed by atoms with Gasteiger partial charge in [-0.15, -0.1) is 0 Å². The minimum Gasteiger partial charge on any atom is -0.463 e. The number of nitrogen functional groups attached to an aromatic ring is 1. The number of rotatable bonds is 14. The van der Waals surface area contributed by atoms with Gasteiger partial charge in [0.15, 0.2) is 42.2 Å². The van der Waals surface area contributed by atoms with E-state index in [2.05, 4.69) is 24.0 Å². The number of aliphatic hydroxyl groups excluding tert-OH is 2. The lowest BCUT2D eigenvalue weighted by atomic mass is 9.95. The van der Waals surface area contributed by atoms with Crippen molar-refractivity contribution in [3.63, 3.8) is 0 Å². The summed E-state index contributed by atoms with van der Waals surface area (Å²) in [5.41, 5.74) is 5.99. The highest BCUT2D eigenvalue weighted by Gasteiger charge is 2.57. The van der Waals surface area contributed by atoms with Gasteiger partial charge < -0.3 is 54.2 Å². The Hall–Kier alpha value is -3.74. The van der Waals surface area contributed by atoms with Crippen LogP contribution in [0, 0.1) is 0 Å². The number of nitrogens with zero attached hydrogens (tertiary/aromatic N) is 4. The van der Waals surface area contributed by atoms with Gasteiger partial charge in [0.1, 0.15) is 42.9 Å². The molecule has 290 valence electrons. The second-order valence-corrected chi connectivity index (χ2v) is 14.1. The van der Waals surface area contributed by atoms with Crippen molar-refractivity contribution in [2.24, 2.45) is 0 Å². The maximum Gasteiger partial charge on any atom is 0.483 e. The molecule has 4 heterocycles. The normalized spacial score (nSPS) is 30.4. The molecule has 0 amide bonds. The molecule has 0 aromatic carbocycles. The Morgan fingerprint density at radius 1 is 0.904 bits per heavy atom. The van der Waals surface area contributed by atoms with Crippen LogP contribution in [-0.2, 0) is 70.1 Å². The molecule has 3 unspecified atom stereocenters. The van der Waals surface area contributed by atoms with Crippen LogP contribution >= 0.6 is 15.6 Å². The predicted molar refractivity (Wildman–Crippen MR) is 160 cm³/mol. The minimum absolute atomic E-state index is 0.00312. The van der Waals surface area contributed by atoms with E-state index >= 15 is 4.39 Å². The molecule has 2 saturated heterocycles. The molecular weight excluding hydrogens is 755 g/mol. The third-order valence-electron chi connectivity index (χ3n) is 7.08. The predicted octanol–water partition coefficient (Wildman–Crippen LogP) is -1.30. The fourth-order valence-electron chi connectivity index (χ4n) is 5.10. The average Bonchev–Trinajstić information content (AvgIpc) is 3.57. The molecule has 2 aromatic rings. The molecule has 6 N–H and O–H groups in total. The molecule has 27 heteroatoms. The van der Waals surface area contributed by atoms with Crippen LogP contribution in [0.5, 0.6) is 0 Å². The van der Waals surface area contributed by atoms with E-state index in [0.29, 0.717) is 0 Å². The zero-order valence-corrected chi connectivity index (χ0v) is 29.2. The van der Waals surface area contributed by atoms with Gasteiger partial charge in [0.05, 0.1) is 12.9 Å². The van der Waals surface area contributed by atoms with Crippen molar-refractivity contribution < 1.29 is 94.5 Å². The van der Waals surface area contributed by atoms with Gasteiger partial charge in [0.2, 0.25) is 6.29 Å². The standard InChI is InChI=1S/C25H34FN5O19P2/c1-9(32)42-5-13(26)18-19(44-10(2)33)20(45-11(3)34)21(46-12(4)35)25(48-18)49-52(40,41)50-51(38,39)43-6-14-16(36)17(37)24(47-14)31-8-30-15-22(27)28-7-29-23(15)31/h7-8,13-14,16-21,24-25,36-37H,5-6H2,1-4H3,(H,38,39)(H,40,41)(H2,27,28,29)/t13?,14-,16-,17-,18-,19-,20+,21+,24-,25+/m1/s1. The van der Waals surface area contributed by atoms with Gasteiger partial charge in [-0.1, -0.05) is 0 Å². The summed E-state index contributed by atoms with van der Waals surface area (Å²) >= 11 is 0. The van der Waals surface area contributed by atoms with E-state index in [1.807, 2.05) is 0 Å². The molecule has 0 saturated carbocycles. The molecule has 12 atom stereocenters. The van der Waals surface area contributed by atoms with Crippen LogP contribution in [0.15, 0.2) is 12.7 Å². The molecule has 52 heavy (non-hydrogen) atoms. The van der Waals surface area contributed by atoms with Gasteiger partial charge in [-0.25, -0.2) is 28.5 Å². The van der Waals surface area contributed by atoms with Crippen molar-refractivity contribution in [3.8, 4) is 0 Å². The topological polar surface area (TPSA) is 336 Å². The number of aliphatic hydroxyl groups is 2. The number of carbonyl (C=O) groups is 4. The van der Waals surface area contributed by atoms with E-state index in [1.54, 1.807) is 0 Å².